The van der Waals surface area contributed by atoms with Crippen LogP contribution in [0.1, 0.15) is 19.8 Å². The van der Waals surface area contributed by atoms with Crippen LogP contribution in [-0.2, 0) is 0 Å². The van der Waals surface area contributed by atoms with Gasteiger partial charge in [-0.3, -0.25) is 0 Å². The number of likely N-dealkylation sites (N-methyl/N-ethyl adjacent to an activating group) is 1. The van der Waals surface area contributed by atoms with E-state index in [0.29, 0.717) is 5.54 Å². The van der Waals surface area contributed by atoms with Gasteiger partial charge in [-0.25, -0.2) is 4.31 Å². The fourth-order valence-electron chi connectivity index (χ4n) is 1.45. The Morgan fingerprint density at radius 3 is 2.30 bits per heavy atom. The molecule has 1 saturated heterocycles. The monoisotopic (exact) mass is 160 g/mol. The molecule has 0 atom stereocenters. The molecule has 1 aliphatic heterocycles. The van der Waals surface area contributed by atoms with Gasteiger partial charge in [0.05, 0.1) is 5.54 Å². The number of thiol groups is 1. The standard InChI is InChI=1S/C7H16N2S/c1-3-4-7(9(2)10)5-8-6-7/h8,10H,3-6H2,1-2H3. The van der Waals surface area contributed by atoms with Crippen LogP contribution in [0.25, 0.3) is 0 Å². The van der Waals surface area contributed by atoms with Gasteiger partial charge < -0.3 is 5.32 Å². The van der Waals surface area contributed by atoms with Crippen molar-refractivity contribution in [2.24, 2.45) is 0 Å². The lowest BCUT2D eigenvalue weighted by Crippen LogP contribution is -2.65. The summed E-state index contributed by atoms with van der Waals surface area (Å²) in [7, 11) is 2.04. The van der Waals surface area contributed by atoms with Gasteiger partial charge in [-0.2, -0.15) is 0 Å². The van der Waals surface area contributed by atoms with Gasteiger partial charge in [0.15, 0.2) is 0 Å². The van der Waals surface area contributed by atoms with E-state index >= 15 is 0 Å². The Hall–Kier alpha value is 0.270. The molecule has 0 aromatic heterocycles. The molecular weight excluding hydrogens is 144 g/mol. The van der Waals surface area contributed by atoms with Crippen molar-refractivity contribution in [3.63, 3.8) is 0 Å². The van der Waals surface area contributed by atoms with Crippen LogP contribution >= 0.6 is 12.8 Å². The van der Waals surface area contributed by atoms with Crippen LogP contribution in [0.15, 0.2) is 0 Å². The molecule has 1 fully saturated rings. The molecule has 0 spiro atoms. The lowest BCUT2D eigenvalue weighted by molar-refractivity contribution is 0.134. The van der Waals surface area contributed by atoms with Gasteiger partial charge in [0.2, 0.25) is 0 Å². The molecule has 2 nitrogen and oxygen atoms in total. The van der Waals surface area contributed by atoms with Crippen molar-refractivity contribution in [3.05, 3.63) is 0 Å². The predicted molar refractivity (Wildman–Crippen MR) is 47.3 cm³/mol. The van der Waals surface area contributed by atoms with Gasteiger partial charge in [-0.05, 0) is 13.5 Å². The average molecular weight is 160 g/mol. The van der Waals surface area contributed by atoms with E-state index in [1.165, 1.54) is 12.8 Å². The Kier molecular flexibility index (Phi) is 2.61. The Balaban J connectivity index is 2.42. The van der Waals surface area contributed by atoms with Gasteiger partial charge in [0, 0.05) is 13.1 Å². The third-order valence-corrected chi connectivity index (χ3v) is 2.73. The normalized spacial score (nSPS) is 22.8. The maximum Gasteiger partial charge on any atom is 0.0556 e. The Morgan fingerprint density at radius 2 is 2.20 bits per heavy atom. The molecule has 0 saturated carbocycles. The molecule has 0 unspecified atom stereocenters. The van der Waals surface area contributed by atoms with E-state index in [1.54, 1.807) is 0 Å². The van der Waals surface area contributed by atoms with Crippen molar-refractivity contribution >= 4 is 12.8 Å². The molecule has 0 radical (unpaired) electrons. The second-order valence-corrected chi connectivity index (χ2v) is 3.70. The van der Waals surface area contributed by atoms with E-state index in [-0.39, 0.29) is 0 Å². The highest BCUT2D eigenvalue weighted by Gasteiger charge is 2.38. The van der Waals surface area contributed by atoms with E-state index in [0.717, 1.165) is 13.1 Å². The molecule has 10 heavy (non-hydrogen) atoms. The summed E-state index contributed by atoms with van der Waals surface area (Å²) in [5.41, 5.74) is 0.359. The number of hydrogen-bond acceptors (Lipinski definition) is 3. The molecule has 1 heterocycles. The zero-order chi connectivity index (χ0) is 7.61. The van der Waals surface area contributed by atoms with Crippen molar-refractivity contribution in [2.75, 3.05) is 20.1 Å². The first kappa shape index (κ1) is 8.37. The first-order chi connectivity index (χ1) is 4.71. The fraction of sp³-hybridized carbons (Fsp3) is 1.00. The average Bonchev–Trinajstić information content (AvgIpc) is 1.77. The van der Waals surface area contributed by atoms with E-state index in [1.807, 2.05) is 11.4 Å². The molecule has 1 aliphatic rings. The van der Waals surface area contributed by atoms with Crippen molar-refractivity contribution in [1.82, 2.24) is 9.62 Å². The highest BCUT2D eigenvalue weighted by molar-refractivity contribution is 7.77. The molecule has 1 rings (SSSR count). The van der Waals surface area contributed by atoms with Crippen LogP contribution in [0.3, 0.4) is 0 Å². The summed E-state index contributed by atoms with van der Waals surface area (Å²) in [6, 6.07) is 0. The molecule has 0 aliphatic carbocycles. The smallest absolute Gasteiger partial charge is 0.0556 e. The van der Waals surface area contributed by atoms with Crippen LogP contribution in [0, 0.1) is 0 Å². The second-order valence-electron chi connectivity index (χ2n) is 3.10. The molecule has 60 valence electrons. The molecule has 0 aromatic rings. The number of nitrogens with zero attached hydrogens (tertiary/aromatic N) is 1. The minimum Gasteiger partial charge on any atom is -0.313 e. The van der Waals surface area contributed by atoms with Gasteiger partial charge >= 0.3 is 0 Å². The predicted octanol–water partition coefficient (Wildman–Crippen LogP) is 0.905. The largest absolute Gasteiger partial charge is 0.313 e. The fourth-order valence-corrected chi connectivity index (χ4v) is 1.69. The van der Waals surface area contributed by atoms with Crippen molar-refractivity contribution in [2.45, 2.75) is 25.3 Å². The maximum absolute atomic E-state index is 4.34. The highest BCUT2D eigenvalue weighted by atomic mass is 32.1. The van der Waals surface area contributed by atoms with Crippen molar-refractivity contribution in [3.8, 4) is 0 Å². The van der Waals surface area contributed by atoms with E-state index in [4.69, 9.17) is 0 Å². The van der Waals surface area contributed by atoms with E-state index < -0.39 is 0 Å². The van der Waals surface area contributed by atoms with Crippen molar-refractivity contribution in [1.29, 1.82) is 0 Å². The van der Waals surface area contributed by atoms with Gasteiger partial charge in [-0.15, -0.1) is 0 Å². The van der Waals surface area contributed by atoms with Crippen LogP contribution in [0.4, 0.5) is 0 Å². The molecule has 3 heteroatoms. The lowest BCUT2D eigenvalue weighted by Gasteiger charge is -2.47. The third-order valence-electron chi connectivity index (χ3n) is 2.31. The SMILES string of the molecule is CCCC1(N(C)S)CNC1. The third kappa shape index (κ3) is 1.31. The zero-order valence-electron chi connectivity index (χ0n) is 6.72. The molecule has 0 bridgehead atoms. The summed E-state index contributed by atoms with van der Waals surface area (Å²) < 4.78 is 2.05. The molecule has 0 amide bonds. The topological polar surface area (TPSA) is 15.3 Å². The molecule has 0 aromatic carbocycles. The summed E-state index contributed by atoms with van der Waals surface area (Å²) in [5, 5.41) is 3.28. The van der Waals surface area contributed by atoms with Crippen molar-refractivity contribution < 1.29 is 0 Å². The van der Waals surface area contributed by atoms with Gasteiger partial charge in [0.1, 0.15) is 0 Å². The summed E-state index contributed by atoms with van der Waals surface area (Å²) in [4.78, 5) is 0. The van der Waals surface area contributed by atoms with Crippen LogP contribution < -0.4 is 5.32 Å². The Bertz CT molecular complexity index is 110. The minimum atomic E-state index is 0.359. The number of hydrogen-bond donors (Lipinski definition) is 2. The van der Waals surface area contributed by atoms with Crippen LogP contribution in [-0.4, -0.2) is 30.0 Å². The van der Waals surface area contributed by atoms with E-state index in [2.05, 4.69) is 25.1 Å². The first-order valence-corrected chi connectivity index (χ1v) is 4.25. The summed E-state index contributed by atoms with van der Waals surface area (Å²) >= 11 is 4.34. The molecule has 1 N–H and O–H groups in total. The summed E-state index contributed by atoms with van der Waals surface area (Å²) in [5.74, 6) is 0. The van der Waals surface area contributed by atoms with Crippen LogP contribution in [0.2, 0.25) is 0 Å². The Labute approximate surface area is 68.5 Å². The maximum atomic E-state index is 4.34. The minimum absolute atomic E-state index is 0.359. The summed E-state index contributed by atoms with van der Waals surface area (Å²) in [6.45, 7) is 4.42. The molecular formula is C7H16N2S. The van der Waals surface area contributed by atoms with Gasteiger partial charge in [0.25, 0.3) is 0 Å². The zero-order valence-corrected chi connectivity index (χ0v) is 7.62. The second kappa shape index (κ2) is 3.11. The highest BCUT2D eigenvalue weighted by Crippen LogP contribution is 2.25. The lowest BCUT2D eigenvalue weighted by atomic mass is 9.88. The quantitative estimate of drug-likeness (QED) is 0.597. The van der Waals surface area contributed by atoms with Gasteiger partial charge in [-0.1, -0.05) is 26.2 Å². The Morgan fingerprint density at radius 1 is 1.60 bits per heavy atom. The number of nitrogens with one attached hydrogen (secondary N) is 1. The first-order valence-electron chi connectivity index (χ1n) is 3.85. The van der Waals surface area contributed by atoms with E-state index in [9.17, 15) is 0 Å². The van der Waals surface area contributed by atoms with Crippen LogP contribution in [0.5, 0.6) is 0 Å². The number of rotatable bonds is 3. The summed E-state index contributed by atoms with van der Waals surface area (Å²) in [6.07, 6.45) is 2.49.